The minimum atomic E-state index is 0.145. The van der Waals surface area contributed by atoms with Crippen LogP contribution in [0.1, 0.15) is 25.5 Å². The van der Waals surface area contributed by atoms with Crippen molar-refractivity contribution in [2.45, 2.75) is 19.9 Å². The van der Waals surface area contributed by atoms with Crippen LogP contribution in [0.2, 0.25) is 5.15 Å². The minimum Gasteiger partial charge on any atom is -0.368 e. The third kappa shape index (κ3) is 3.58. The fourth-order valence-electron chi connectivity index (χ4n) is 1.96. The molecule has 0 saturated carbocycles. The molecule has 3 N–H and O–H groups in total. The fraction of sp³-hybridized carbons (Fsp3) is 0.286. The number of nitrogens with one attached hydrogen (secondary N) is 1. The molecular weight excluding hydrogens is 260 g/mol. The van der Waals surface area contributed by atoms with Crippen molar-refractivity contribution in [2.24, 2.45) is 5.92 Å². The van der Waals surface area contributed by atoms with Gasteiger partial charge in [-0.1, -0.05) is 55.8 Å². The maximum Gasteiger partial charge on any atom is 0.223 e. The standard InChI is InChI=1S/C14H17ClN4/c1-9(2)13(10-6-4-3-5-7-10)18-12-8-11(15)17-14(16)19-12/h3-9,13H,1-2H3,(H3,16,17,18,19). The molecule has 1 unspecified atom stereocenters. The zero-order chi connectivity index (χ0) is 13.8. The first-order chi connectivity index (χ1) is 9.06. The molecule has 0 amide bonds. The summed E-state index contributed by atoms with van der Waals surface area (Å²) in [4.78, 5) is 8.00. The first-order valence-electron chi connectivity index (χ1n) is 6.18. The van der Waals surface area contributed by atoms with Crippen LogP contribution in [-0.4, -0.2) is 9.97 Å². The molecule has 1 atom stereocenters. The van der Waals surface area contributed by atoms with Gasteiger partial charge in [-0.05, 0) is 11.5 Å². The average molecular weight is 277 g/mol. The van der Waals surface area contributed by atoms with Crippen molar-refractivity contribution >= 4 is 23.4 Å². The number of halogens is 1. The number of hydrogen-bond donors (Lipinski definition) is 2. The Balaban J connectivity index is 2.27. The van der Waals surface area contributed by atoms with Gasteiger partial charge in [0.25, 0.3) is 0 Å². The van der Waals surface area contributed by atoms with Crippen LogP contribution < -0.4 is 11.1 Å². The Hall–Kier alpha value is -1.81. The molecule has 19 heavy (non-hydrogen) atoms. The molecule has 2 aromatic rings. The monoisotopic (exact) mass is 276 g/mol. The molecule has 0 aliphatic heterocycles. The van der Waals surface area contributed by atoms with Crippen LogP contribution in [-0.2, 0) is 0 Å². The van der Waals surface area contributed by atoms with Gasteiger partial charge in [-0.15, -0.1) is 0 Å². The molecule has 0 saturated heterocycles. The highest BCUT2D eigenvalue weighted by atomic mass is 35.5. The summed E-state index contributed by atoms with van der Waals surface area (Å²) in [7, 11) is 0. The highest BCUT2D eigenvalue weighted by Gasteiger charge is 2.16. The summed E-state index contributed by atoms with van der Waals surface area (Å²) in [5.41, 5.74) is 6.80. The van der Waals surface area contributed by atoms with Crippen molar-refractivity contribution in [3.63, 3.8) is 0 Å². The maximum atomic E-state index is 5.89. The summed E-state index contributed by atoms with van der Waals surface area (Å²) in [6.45, 7) is 4.30. The maximum absolute atomic E-state index is 5.89. The number of anilines is 2. The predicted molar refractivity (Wildman–Crippen MR) is 79.1 cm³/mol. The van der Waals surface area contributed by atoms with Crippen LogP contribution in [0.4, 0.5) is 11.8 Å². The van der Waals surface area contributed by atoms with E-state index in [0.29, 0.717) is 16.9 Å². The highest BCUT2D eigenvalue weighted by Crippen LogP contribution is 2.26. The van der Waals surface area contributed by atoms with Crippen LogP contribution in [0.15, 0.2) is 36.4 Å². The number of benzene rings is 1. The Labute approximate surface area is 118 Å². The van der Waals surface area contributed by atoms with Crippen LogP contribution in [0.25, 0.3) is 0 Å². The highest BCUT2D eigenvalue weighted by molar-refractivity contribution is 6.29. The van der Waals surface area contributed by atoms with E-state index in [1.165, 1.54) is 5.56 Å². The molecule has 100 valence electrons. The summed E-state index contributed by atoms with van der Waals surface area (Å²) in [5.74, 6) is 1.21. The third-order valence-electron chi connectivity index (χ3n) is 2.84. The summed E-state index contributed by atoms with van der Waals surface area (Å²) in [6, 6.07) is 12.0. The molecular formula is C14H17ClN4. The summed E-state index contributed by atoms with van der Waals surface area (Å²) < 4.78 is 0. The first kappa shape index (κ1) is 13.6. The lowest BCUT2D eigenvalue weighted by molar-refractivity contribution is 0.545. The second-order valence-corrected chi connectivity index (χ2v) is 5.10. The molecule has 0 fully saturated rings. The van der Waals surface area contributed by atoms with E-state index in [9.17, 15) is 0 Å². The van der Waals surface area contributed by atoms with Crippen molar-refractivity contribution in [3.05, 3.63) is 47.1 Å². The number of rotatable bonds is 4. The topological polar surface area (TPSA) is 63.8 Å². The van der Waals surface area contributed by atoms with Gasteiger partial charge in [0.05, 0.1) is 6.04 Å². The van der Waals surface area contributed by atoms with Gasteiger partial charge >= 0.3 is 0 Å². The second-order valence-electron chi connectivity index (χ2n) is 4.71. The van der Waals surface area contributed by atoms with Crippen molar-refractivity contribution in [1.82, 2.24) is 9.97 Å². The molecule has 1 heterocycles. The number of nitrogens with two attached hydrogens (primary N) is 1. The molecule has 5 heteroatoms. The Kier molecular flexibility index (Phi) is 4.22. The molecule has 0 spiro atoms. The van der Waals surface area contributed by atoms with E-state index in [1.54, 1.807) is 6.07 Å². The first-order valence-corrected chi connectivity index (χ1v) is 6.55. The number of hydrogen-bond acceptors (Lipinski definition) is 4. The molecule has 4 nitrogen and oxygen atoms in total. The zero-order valence-corrected chi connectivity index (χ0v) is 11.7. The lowest BCUT2D eigenvalue weighted by Gasteiger charge is -2.23. The van der Waals surface area contributed by atoms with Gasteiger partial charge in [0.15, 0.2) is 0 Å². The van der Waals surface area contributed by atoms with Gasteiger partial charge in [0.1, 0.15) is 11.0 Å². The molecule has 0 radical (unpaired) electrons. The Bertz CT molecular complexity index is 522. The normalized spacial score (nSPS) is 12.4. The molecule has 1 aromatic carbocycles. The molecule has 2 rings (SSSR count). The van der Waals surface area contributed by atoms with Crippen LogP contribution in [0, 0.1) is 5.92 Å². The van der Waals surface area contributed by atoms with Gasteiger partial charge in [-0.2, -0.15) is 4.98 Å². The molecule has 0 bridgehead atoms. The Morgan fingerprint density at radius 1 is 1.16 bits per heavy atom. The van der Waals surface area contributed by atoms with Crippen molar-refractivity contribution in [1.29, 1.82) is 0 Å². The Morgan fingerprint density at radius 3 is 2.42 bits per heavy atom. The molecule has 0 aliphatic rings. The van der Waals surface area contributed by atoms with Gasteiger partial charge in [0, 0.05) is 6.07 Å². The van der Waals surface area contributed by atoms with Crippen molar-refractivity contribution in [3.8, 4) is 0 Å². The minimum absolute atomic E-state index is 0.145. The number of aromatic nitrogens is 2. The number of nitrogen functional groups attached to an aromatic ring is 1. The summed E-state index contributed by atoms with van der Waals surface area (Å²) in [5, 5.41) is 3.70. The lowest BCUT2D eigenvalue weighted by Crippen LogP contribution is -2.18. The molecule has 1 aromatic heterocycles. The smallest absolute Gasteiger partial charge is 0.223 e. The van der Waals surface area contributed by atoms with E-state index in [-0.39, 0.29) is 12.0 Å². The fourth-order valence-corrected chi connectivity index (χ4v) is 2.15. The van der Waals surface area contributed by atoms with E-state index in [2.05, 4.69) is 41.3 Å². The second kappa shape index (κ2) is 5.89. The van der Waals surface area contributed by atoms with Gasteiger partial charge in [-0.25, -0.2) is 4.98 Å². The quantitative estimate of drug-likeness (QED) is 0.839. The predicted octanol–water partition coefficient (Wildman–Crippen LogP) is 3.52. The van der Waals surface area contributed by atoms with E-state index in [4.69, 9.17) is 17.3 Å². The third-order valence-corrected chi connectivity index (χ3v) is 3.03. The van der Waals surface area contributed by atoms with Crippen LogP contribution in [0.3, 0.4) is 0 Å². The van der Waals surface area contributed by atoms with E-state index in [1.807, 2.05) is 18.2 Å². The largest absolute Gasteiger partial charge is 0.368 e. The van der Waals surface area contributed by atoms with Gasteiger partial charge < -0.3 is 11.1 Å². The Morgan fingerprint density at radius 2 is 1.84 bits per heavy atom. The average Bonchev–Trinajstić information content (AvgIpc) is 2.35. The summed E-state index contributed by atoms with van der Waals surface area (Å²) in [6.07, 6.45) is 0. The SMILES string of the molecule is CC(C)C(Nc1cc(Cl)nc(N)n1)c1ccccc1. The lowest BCUT2D eigenvalue weighted by atomic mass is 9.96. The van der Waals surface area contributed by atoms with E-state index >= 15 is 0 Å². The van der Waals surface area contributed by atoms with Crippen molar-refractivity contribution in [2.75, 3.05) is 11.1 Å². The summed E-state index contributed by atoms with van der Waals surface area (Å²) >= 11 is 5.89. The number of nitrogens with zero attached hydrogens (tertiary/aromatic N) is 2. The zero-order valence-electron chi connectivity index (χ0n) is 11.0. The molecule has 0 aliphatic carbocycles. The van der Waals surface area contributed by atoms with E-state index in [0.717, 1.165) is 0 Å². The van der Waals surface area contributed by atoms with E-state index < -0.39 is 0 Å². The van der Waals surface area contributed by atoms with Crippen LogP contribution in [0.5, 0.6) is 0 Å². The van der Waals surface area contributed by atoms with Gasteiger partial charge in [0.2, 0.25) is 5.95 Å². The van der Waals surface area contributed by atoms with Gasteiger partial charge in [-0.3, -0.25) is 0 Å². The van der Waals surface area contributed by atoms with Crippen molar-refractivity contribution < 1.29 is 0 Å². The van der Waals surface area contributed by atoms with Crippen LogP contribution >= 0.6 is 11.6 Å².